The fourth-order valence-electron chi connectivity index (χ4n) is 0.925. The zero-order valence-electron chi connectivity index (χ0n) is 6.42. The second-order valence-electron chi connectivity index (χ2n) is 2.40. The minimum absolute atomic E-state index is 0.172. The number of phenolic OH excluding ortho intramolecular Hbond substituents is 1. The maximum absolute atomic E-state index is 9.33. The molecule has 0 heterocycles. The molecular formula is C9H8ClNO. The number of phenols is 1. The summed E-state index contributed by atoms with van der Waals surface area (Å²) in [5.74, 6) is 0.172. The van der Waals surface area contributed by atoms with E-state index in [4.69, 9.17) is 18.2 Å². The molecule has 0 radical (unpaired) electrons. The fourth-order valence-corrected chi connectivity index (χ4v) is 1.09. The Labute approximate surface area is 76.2 Å². The van der Waals surface area contributed by atoms with Crippen LogP contribution in [-0.2, 0) is 6.42 Å². The van der Waals surface area contributed by atoms with Crippen molar-refractivity contribution in [2.45, 2.75) is 6.42 Å². The molecule has 3 heteroatoms. The Bertz CT molecular complexity index is 317. The van der Waals surface area contributed by atoms with Crippen molar-refractivity contribution in [2.24, 2.45) is 0 Å². The number of hydrogen-bond acceptors (Lipinski definition) is 1. The van der Waals surface area contributed by atoms with Crippen LogP contribution in [0.3, 0.4) is 0 Å². The minimum atomic E-state index is 0.172. The van der Waals surface area contributed by atoms with E-state index in [0.717, 1.165) is 5.56 Å². The monoisotopic (exact) mass is 181 g/mol. The quantitative estimate of drug-likeness (QED) is 0.697. The minimum Gasteiger partial charge on any atom is -0.508 e. The molecule has 0 aliphatic heterocycles. The highest BCUT2D eigenvalue weighted by Gasteiger charge is 2.02. The summed E-state index contributed by atoms with van der Waals surface area (Å²) in [5.41, 5.74) is 0.774. The molecule has 1 aromatic rings. The largest absolute Gasteiger partial charge is 0.508 e. The average Bonchev–Trinajstić information content (AvgIpc) is 2.03. The lowest BCUT2D eigenvalue weighted by Gasteiger charge is -1.99. The molecule has 0 aliphatic carbocycles. The van der Waals surface area contributed by atoms with Gasteiger partial charge in [0.2, 0.25) is 6.54 Å². The zero-order chi connectivity index (χ0) is 8.97. The highest BCUT2D eigenvalue weighted by Crippen LogP contribution is 2.22. The van der Waals surface area contributed by atoms with E-state index in [1.165, 1.54) is 6.07 Å². The van der Waals surface area contributed by atoms with Crippen LogP contribution in [-0.4, -0.2) is 11.7 Å². The molecular weight excluding hydrogens is 174 g/mol. The lowest BCUT2D eigenvalue weighted by Crippen LogP contribution is -1.87. The molecule has 0 bridgehead atoms. The number of rotatable bonds is 2. The molecule has 0 aromatic heterocycles. The lowest BCUT2D eigenvalue weighted by molar-refractivity contribution is 0.468. The molecule has 2 nitrogen and oxygen atoms in total. The van der Waals surface area contributed by atoms with Crippen molar-refractivity contribution < 1.29 is 5.11 Å². The maximum atomic E-state index is 9.33. The van der Waals surface area contributed by atoms with Crippen LogP contribution >= 0.6 is 11.6 Å². The zero-order valence-corrected chi connectivity index (χ0v) is 7.17. The number of nitrogens with zero attached hydrogens (tertiary/aromatic N) is 1. The maximum Gasteiger partial charge on any atom is 0.218 e. The van der Waals surface area contributed by atoms with Crippen molar-refractivity contribution >= 4 is 11.6 Å². The summed E-state index contributed by atoms with van der Waals surface area (Å²) in [5, 5.41) is 9.84. The first-order chi connectivity index (χ1) is 5.74. The third kappa shape index (κ3) is 2.14. The van der Waals surface area contributed by atoms with E-state index in [1.54, 1.807) is 12.1 Å². The van der Waals surface area contributed by atoms with Gasteiger partial charge >= 0.3 is 0 Å². The van der Waals surface area contributed by atoms with Gasteiger partial charge in [-0.2, -0.15) is 0 Å². The predicted molar refractivity (Wildman–Crippen MR) is 48.3 cm³/mol. The van der Waals surface area contributed by atoms with Crippen LogP contribution in [0.1, 0.15) is 5.56 Å². The van der Waals surface area contributed by atoms with Gasteiger partial charge in [0, 0.05) is 17.0 Å². The Hall–Kier alpha value is -1.20. The van der Waals surface area contributed by atoms with Crippen LogP contribution in [0.4, 0.5) is 0 Å². The van der Waals surface area contributed by atoms with Crippen LogP contribution < -0.4 is 0 Å². The Morgan fingerprint density at radius 3 is 2.83 bits per heavy atom. The van der Waals surface area contributed by atoms with Gasteiger partial charge < -0.3 is 9.95 Å². The van der Waals surface area contributed by atoms with Gasteiger partial charge in [-0.1, -0.05) is 17.7 Å². The molecule has 0 spiro atoms. The molecule has 0 saturated heterocycles. The smallest absolute Gasteiger partial charge is 0.218 e. The highest BCUT2D eigenvalue weighted by atomic mass is 35.5. The van der Waals surface area contributed by atoms with E-state index >= 15 is 0 Å². The third-order valence-corrected chi connectivity index (χ3v) is 1.78. The predicted octanol–water partition coefficient (Wildman–Crippen LogP) is 2.51. The van der Waals surface area contributed by atoms with Crippen LogP contribution in [0, 0.1) is 6.57 Å². The number of hydrogen-bond donors (Lipinski definition) is 1. The number of halogens is 1. The normalized spacial score (nSPS) is 9.33. The van der Waals surface area contributed by atoms with Crippen LogP contribution in [0.25, 0.3) is 4.85 Å². The molecule has 62 valence electrons. The van der Waals surface area contributed by atoms with Crippen molar-refractivity contribution in [3.63, 3.8) is 0 Å². The van der Waals surface area contributed by atoms with E-state index in [1.807, 2.05) is 0 Å². The van der Waals surface area contributed by atoms with Gasteiger partial charge in [-0.3, -0.25) is 0 Å². The molecule has 0 saturated carbocycles. The van der Waals surface area contributed by atoms with E-state index < -0.39 is 0 Å². The standard InChI is InChI=1S/C9H8ClNO/c1-11-5-4-7-2-3-8(10)6-9(7)12/h2-3,6,12H,4-5H2. The SMILES string of the molecule is [C-]#[N+]CCc1ccc(Cl)cc1O. The number of benzene rings is 1. The van der Waals surface area contributed by atoms with Crippen molar-refractivity contribution in [1.82, 2.24) is 0 Å². The van der Waals surface area contributed by atoms with Gasteiger partial charge in [-0.25, -0.2) is 6.57 Å². The summed E-state index contributed by atoms with van der Waals surface area (Å²) in [4.78, 5) is 3.20. The van der Waals surface area contributed by atoms with Crippen molar-refractivity contribution in [1.29, 1.82) is 0 Å². The first kappa shape index (κ1) is 8.89. The highest BCUT2D eigenvalue weighted by molar-refractivity contribution is 6.30. The molecule has 1 N–H and O–H groups in total. The van der Waals surface area contributed by atoms with Gasteiger partial charge in [0.25, 0.3) is 0 Å². The average molecular weight is 182 g/mol. The van der Waals surface area contributed by atoms with E-state index in [-0.39, 0.29) is 5.75 Å². The van der Waals surface area contributed by atoms with Crippen LogP contribution in [0.5, 0.6) is 5.75 Å². The van der Waals surface area contributed by atoms with Gasteiger partial charge in [0.05, 0.1) is 0 Å². The van der Waals surface area contributed by atoms with Gasteiger partial charge in [-0.05, 0) is 12.1 Å². The van der Waals surface area contributed by atoms with E-state index in [2.05, 4.69) is 4.85 Å². The summed E-state index contributed by atoms with van der Waals surface area (Å²) >= 11 is 5.63. The Balaban J connectivity index is 2.81. The Morgan fingerprint density at radius 1 is 1.50 bits per heavy atom. The van der Waals surface area contributed by atoms with Gasteiger partial charge in [-0.15, -0.1) is 0 Å². The van der Waals surface area contributed by atoms with E-state index in [9.17, 15) is 5.11 Å². The number of aromatic hydroxyl groups is 1. The fraction of sp³-hybridized carbons (Fsp3) is 0.222. The second-order valence-corrected chi connectivity index (χ2v) is 2.84. The molecule has 0 fully saturated rings. The summed E-state index contributed by atoms with van der Waals surface area (Å²) in [6.07, 6.45) is 0.576. The topological polar surface area (TPSA) is 24.6 Å². The molecule has 0 atom stereocenters. The van der Waals surface area contributed by atoms with Gasteiger partial charge in [0.15, 0.2) is 0 Å². The molecule has 1 aromatic carbocycles. The van der Waals surface area contributed by atoms with Crippen molar-refractivity contribution in [3.8, 4) is 5.75 Å². The van der Waals surface area contributed by atoms with Gasteiger partial charge in [0.1, 0.15) is 5.75 Å². The van der Waals surface area contributed by atoms with Crippen molar-refractivity contribution in [3.05, 3.63) is 40.2 Å². The Morgan fingerprint density at radius 2 is 2.25 bits per heavy atom. The van der Waals surface area contributed by atoms with Crippen molar-refractivity contribution in [2.75, 3.05) is 6.54 Å². The van der Waals surface area contributed by atoms with Crippen LogP contribution in [0.2, 0.25) is 5.02 Å². The first-order valence-corrected chi connectivity index (χ1v) is 3.92. The third-order valence-electron chi connectivity index (χ3n) is 1.54. The summed E-state index contributed by atoms with van der Waals surface area (Å²) in [6.45, 7) is 6.98. The summed E-state index contributed by atoms with van der Waals surface area (Å²) in [6, 6.07) is 4.93. The molecule has 12 heavy (non-hydrogen) atoms. The van der Waals surface area contributed by atoms with E-state index in [0.29, 0.717) is 18.0 Å². The molecule has 1 rings (SSSR count). The molecule has 0 amide bonds. The molecule has 0 unspecified atom stereocenters. The lowest BCUT2D eigenvalue weighted by atomic mass is 10.1. The Kier molecular flexibility index (Phi) is 2.95. The molecule has 0 aliphatic rings. The van der Waals surface area contributed by atoms with Crippen LogP contribution in [0.15, 0.2) is 18.2 Å². The first-order valence-electron chi connectivity index (χ1n) is 3.54. The second kappa shape index (κ2) is 3.99. The summed E-state index contributed by atoms with van der Waals surface area (Å²) < 4.78 is 0. The summed E-state index contributed by atoms with van der Waals surface area (Å²) in [7, 11) is 0.